The molecule has 3 aromatic rings. The molecule has 2 aromatic carbocycles. The average Bonchev–Trinajstić information content (AvgIpc) is 3.07. The molecule has 0 saturated carbocycles. The lowest BCUT2D eigenvalue weighted by molar-refractivity contribution is 0.0763. The predicted molar refractivity (Wildman–Crippen MR) is 128 cm³/mol. The van der Waals surface area contributed by atoms with E-state index >= 15 is 4.39 Å². The van der Waals surface area contributed by atoms with Gasteiger partial charge in [-0.25, -0.2) is 4.39 Å². The van der Waals surface area contributed by atoms with Gasteiger partial charge in [-0.05, 0) is 73.4 Å². The van der Waals surface area contributed by atoms with E-state index in [0.29, 0.717) is 56.9 Å². The number of benzene rings is 2. The summed E-state index contributed by atoms with van der Waals surface area (Å²) < 4.78 is 15.4. The number of carbonyl (C=O) groups excluding carboxylic acids is 1. The summed E-state index contributed by atoms with van der Waals surface area (Å²) in [5, 5.41) is 10.5. The van der Waals surface area contributed by atoms with Crippen molar-refractivity contribution in [1.29, 1.82) is 0 Å². The number of rotatable bonds is 5. The normalized spacial score (nSPS) is 13.8. The van der Waals surface area contributed by atoms with Crippen LogP contribution in [0.25, 0.3) is 11.1 Å². The number of aliphatic hydroxyl groups is 1. The number of nitrogen functional groups attached to an aromatic ring is 1. The molecule has 0 saturated heterocycles. The largest absolute Gasteiger partial charge is 0.398 e. The van der Waals surface area contributed by atoms with E-state index in [1.165, 1.54) is 6.07 Å². The van der Waals surface area contributed by atoms with Crippen molar-refractivity contribution < 1.29 is 14.3 Å². The zero-order valence-corrected chi connectivity index (χ0v) is 19.2. The smallest absolute Gasteiger partial charge is 0.256 e. The standard InChI is InChI=1S/C26H27FN4O2/c1-15-8-16(19-10-17(26(2,3)33)11-23(28)20(19)12-29-4)9-22(27)21(15)13-31-14-24-18(25(31)32)6-5-7-30-24/h5-12,33H,13-14,28H2,1-4H3. The van der Waals surface area contributed by atoms with Crippen LogP contribution in [0.15, 0.2) is 47.6 Å². The molecule has 1 amide bonds. The van der Waals surface area contributed by atoms with Crippen LogP contribution in [0, 0.1) is 12.7 Å². The second-order valence-electron chi connectivity index (χ2n) is 8.89. The van der Waals surface area contributed by atoms with Gasteiger partial charge >= 0.3 is 0 Å². The van der Waals surface area contributed by atoms with E-state index in [2.05, 4.69) is 9.98 Å². The van der Waals surface area contributed by atoms with Crippen LogP contribution in [0.4, 0.5) is 10.1 Å². The lowest BCUT2D eigenvalue weighted by Crippen LogP contribution is -2.24. The highest BCUT2D eigenvalue weighted by Gasteiger charge is 2.29. The first-order chi connectivity index (χ1) is 15.6. The third-order valence-electron chi connectivity index (χ3n) is 6.00. The third kappa shape index (κ3) is 4.24. The summed E-state index contributed by atoms with van der Waals surface area (Å²) >= 11 is 0. The number of amides is 1. The number of aromatic nitrogens is 1. The fourth-order valence-corrected chi connectivity index (χ4v) is 4.17. The van der Waals surface area contributed by atoms with Gasteiger partial charge in [-0.2, -0.15) is 0 Å². The van der Waals surface area contributed by atoms with E-state index in [0.717, 1.165) is 0 Å². The maximum atomic E-state index is 15.4. The highest BCUT2D eigenvalue weighted by Crippen LogP contribution is 2.35. The maximum Gasteiger partial charge on any atom is 0.256 e. The van der Waals surface area contributed by atoms with Crippen LogP contribution < -0.4 is 5.73 Å². The number of pyridine rings is 1. The molecule has 0 atom stereocenters. The van der Waals surface area contributed by atoms with E-state index in [1.807, 2.05) is 19.1 Å². The van der Waals surface area contributed by atoms with Crippen LogP contribution in [0.3, 0.4) is 0 Å². The third-order valence-corrected chi connectivity index (χ3v) is 6.00. The van der Waals surface area contributed by atoms with Crippen molar-refractivity contribution in [1.82, 2.24) is 9.88 Å². The Morgan fingerprint density at radius 1 is 1.27 bits per heavy atom. The summed E-state index contributed by atoms with van der Waals surface area (Å²) in [6.45, 7) is 5.69. The Bertz CT molecular complexity index is 1250. The predicted octanol–water partition coefficient (Wildman–Crippen LogP) is 4.21. The van der Waals surface area contributed by atoms with Crippen molar-refractivity contribution in [2.24, 2.45) is 4.99 Å². The molecular weight excluding hydrogens is 419 g/mol. The van der Waals surface area contributed by atoms with Crippen LogP contribution in [0.5, 0.6) is 0 Å². The molecule has 6 nitrogen and oxygen atoms in total. The highest BCUT2D eigenvalue weighted by atomic mass is 19.1. The van der Waals surface area contributed by atoms with Crippen molar-refractivity contribution in [3.63, 3.8) is 0 Å². The van der Waals surface area contributed by atoms with E-state index < -0.39 is 11.4 Å². The quantitative estimate of drug-likeness (QED) is 0.454. The minimum Gasteiger partial charge on any atom is -0.398 e. The molecule has 0 bridgehead atoms. The molecule has 1 aliphatic heterocycles. The molecule has 0 unspecified atom stereocenters. The first-order valence-corrected chi connectivity index (χ1v) is 10.7. The monoisotopic (exact) mass is 446 g/mol. The fourth-order valence-electron chi connectivity index (χ4n) is 4.17. The van der Waals surface area contributed by atoms with E-state index in [4.69, 9.17) is 5.73 Å². The number of carbonyl (C=O) groups is 1. The number of anilines is 1. The molecule has 170 valence electrons. The zero-order chi connectivity index (χ0) is 23.9. The Balaban J connectivity index is 1.74. The first kappa shape index (κ1) is 22.6. The summed E-state index contributed by atoms with van der Waals surface area (Å²) in [5.41, 5.74) is 10.6. The van der Waals surface area contributed by atoms with E-state index in [-0.39, 0.29) is 12.5 Å². The molecule has 2 heterocycles. The molecule has 33 heavy (non-hydrogen) atoms. The summed E-state index contributed by atoms with van der Waals surface area (Å²) in [4.78, 5) is 22.7. The molecule has 0 aliphatic carbocycles. The van der Waals surface area contributed by atoms with E-state index in [1.54, 1.807) is 56.4 Å². The molecule has 0 spiro atoms. The van der Waals surface area contributed by atoms with Crippen LogP contribution in [-0.2, 0) is 18.7 Å². The van der Waals surface area contributed by atoms with Gasteiger partial charge in [0.25, 0.3) is 5.91 Å². The maximum absolute atomic E-state index is 15.4. The van der Waals surface area contributed by atoms with Gasteiger partial charge in [-0.15, -0.1) is 0 Å². The zero-order valence-electron chi connectivity index (χ0n) is 19.2. The lowest BCUT2D eigenvalue weighted by Gasteiger charge is -2.22. The number of hydrogen-bond donors (Lipinski definition) is 2. The number of nitrogens with two attached hydrogens (primary N) is 1. The van der Waals surface area contributed by atoms with Gasteiger partial charge in [-0.3, -0.25) is 14.8 Å². The number of fused-ring (bicyclic) bond motifs is 1. The second kappa shape index (κ2) is 8.41. The molecule has 7 heteroatoms. The average molecular weight is 447 g/mol. The molecule has 1 aromatic heterocycles. The van der Waals surface area contributed by atoms with Crippen LogP contribution in [0.2, 0.25) is 0 Å². The Kier molecular flexibility index (Phi) is 5.76. The van der Waals surface area contributed by atoms with Gasteiger partial charge in [0.1, 0.15) is 5.82 Å². The lowest BCUT2D eigenvalue weighted by atomic mass is 9.89. The molecule has 0 radical (unpaired) electrons. The number of aliphatic imine (C=N–C) groups is 1. The summed E-state index contributed by atoms with van der Waals surface area (Å²) in [6.07, 6.45) is 3.29. The Hall–Kier alpha value is -3.58. The topological polar surface area (TPSA) is 91.8 Å². The van der Waals surface area contributed by atoms with Crippen molar-refractivity contribution in [3.8, 4) is 11.1 Å². The highest BCUT2D eigenvalue weighted by molar-refractivity contribution is 5.98. The van der Waals surface area contributed by atoms with Gasteiger partial charge in [0, 0.05) is 42.8 Å². The molecule has 0 fully saturated rings. The number of hydrogen-bond acceptors (Lipinski definition) is 5. The van der Waals surface area contributed by atoms with Crippen molar-refractivity contribution in [3.05, 3.63) is 81.9 Å². The van der Waals surface area contributed by atoms with Crippen molar-refractivity contribution in [2.45, 2.75) is 39.5 Å². The fraction of sp³-hybridized carbons (Fsp3) is 0.269. The van der Waals surface area contributed by atoms with Crippen molar-refractivity contribution in [2.75, 3.05) is 12.8 Å². The Morgan fingerprint density at radius 2 is 2.03 bits per heavy atom. The minimum absolute atomic E-state index is 0.145. The van der Waals surface area contributed by atoms with Crippen molar-refractivity contribution >= 4 is 17.8 Å². The van der Waals surface area contributed by atoms with Gasteiger partial charge in [0.15, 0.2) is 0 Å². The SMILES string of the molecule is CN=Cc1c(N)cc(C(C)(C)O)cc1-c1cc(C)c(CN2Cc3ncccc3C2=O)c(F)c1. The summed E-state index contributed by atoms with van der Waals surface area (Å²) in [7, 11) is 1.64. The van der Waals surface area contributed by atoms with Crippen LogP contribution in [0.1, 0.15) is 52.2 Å². The number of halogens is 1. The summed E-state index contributed by atoms with van der Waals surface area (Å²) in [6, 6.07) is 10.3. The van der Waals surface area contributed by atoms with Crippen LogP contribution in [-0.4, -0.2) is 34.2 Å². The van der Waals surface area contributed by atoms with Gasteiger partial charge in [0.05, 0.1) is 23.4 Å². The molecule has 4 rings (SSSR count). The summed E-state index contributed by atoms with van der Waals surface area (Å²) in [5.74, 6) is -0.554. The van der Waals surface area contributed by atoms with Crippen LogP contribution >= 0.6 is 0 Å². The van der Waals surface area contributed by atoms with Gasteiger partial charge < -0.3 is 15.7 Å². The number of nitrogens with zero attached hydrogens (tertiary/aromatic N) is 3. The molecule has 3 N–H and O–H groups in total. The molecular formula is C26H27FN4O2. The van der Waals surface area contributed by atoms with E-state index in [9.17, 15) is 9.90 Å². The van der Waals surface area contributed by atoms with Gasteiger partial charge in [0.2, 0.25) is 0 Å². The Labute approximate surface area is 192 Å². The van der Waals surface area contributed by atoms with Gasteiger partial charge in [-0.1, -0.05) is 6.07 Å². The first-order valence-electron chi connectivity index (χ1n) is 10.7. The minimum atomic E-state index is -1.11. The molecule has 1 aliphatic rings. The Morgan fingerprint density at radius 3 is 2.67 bits per heavy atom. The second-order valence-corrected chi connectivity index (χ2v) is 8.89. The number of aryl methyl sites for hydroxylation is 1.